The monoisotopic (exact) mass is 384 g/mol. The number of carbonyl (C=O) groups excluding carboxylic acids is 1. The Morgan fingerprint density at radius 1 is 1.20 bits per heavy atom. The van der Waals surface area contributed by atoms with Crippen LogP contribution >= 0.6 is 7.60 Å². The lowest BCUT2D eigenvalue weighted by molar-refractivity contribution is -0.163. The van der Waals surface area contributed by atoms with E-state index in [2.05, 4.69) is 0 Å². The van der Waals surface area contributed by atoms with Crippen LogP contribution in [0.1, 0.15) is 27.2 Å². The number of aliphatic carboxylic acids is 1. The van der Waals surface area contributed by atoms with Crippen LogP contribution in [0.25, 0.3) is 0 Å². The van der Waals surface area contributed by atoms with Crippen LogP contribution in [0.15, 0.2) is 12.2 Å². The molecule has 0 aromatic carbocycles. The van der Waals surface area contributed by atoms with Crippen molar-refractivity contribution in [3.05, 3.63) is 12.2 Å². The summed E-state index contributed by atoms with van der Waals surface area (Å²) in [6.07, 6.45) is 2.16. The summed E-state index contributed by atoms with van der Waals surface area (Å²) in [5.41, 5.74) is -4.12. The summed E-state index contributed by atoms with van der Waals surface area (Å²) in [7, 11) is -4.94. The Morgan fingerprint density at radius 2 is 1.76 bits per heavy atom. The molecule has 0 amide bonds. The topological polar surface area (TPSA) is 99.1 Å². The first-order valence-electron chi connectivity index (χ1n) is 7.99. The van der Waals surface area contributed by atoms with Gasteiger partial charge in [0.25, 0.3) is 0 Å². The van der Waals surface area contributed by atoms with Gasteiger partial charge in [0.05, 0.1) is 37.6 Å². The number of ether oxygens (including phenoxy) is 1. The van der Waals surface area contributed by atoms with E-state index in [4.69, 9.17) is 13.8 Å². The quantitative estimate of drug-likeness (QED) is 0.370. The van der Waals surface area contributed by atoms with Gasteiger partial charge in [-0.25, -0.2) is 0 Å². The molecule has 144 valence electrons. The van der Waals surface area contributed by atoms with Crippen molar-refractivity contribution < 1.29 is 41.8 Å². The Hall–Kier alpha value is -1.31. The zero-order valence-electron chi connectivity index (χ0n) is 14.3. The molecular weight excluding hydrogens is 361 g/mol. The number of alkyl halides is 2. The molecule has 0 spiro atoms. The molecule has 0 fully saturated rings. The predicted octanol–water partition coefficient (Wildman–Crippen LogP) is 3.30. The fraction of sp³-hybridized carbons (Fsp3) is 0.733. The third-order valence-electron chi connectivity index (χ3n) is 3.79. The van der Waals surface area contributed by atoms with E-state index in [9.17, 15) is 28.0 Å². The first-order chi connectivity index (χ1) is 11.7. The molecule has 25 heavy (non-hydrogen) atoms. The van der Waals surface area contributed by atoms with Gasteiger partial charge in [-0.3, -0.25) is 14.2 Å². The predicted molar refractivity (Wildman–Crippen MR) is 84.3 cm³/mol. The molecule has 10 heteroatoms. The highest BCUT2D eigenvalue weighted by Gasteiger charge is 2.63. The molecule has 1 aliphatic carbocycles. The Kier molecular flexibility index (Phi) is 7.71. The average Bonchev–Trinajstić information content (AvgIpc) is 2.54. The maximum Gasteiger partial charge on any atom is 0.400 e. The van der Waals surface area contributed by atoms with Crippen molar-refractivity contribution in [2.75, 3.05) is 19.8 Å². The van der Waals surface area contributed by atoms with Crippen LogP contribution in [0.5, 0.6) is 0 Å². The lowest BCUT2D eigenvalue weighted by Gasteiger charge is -2.37. The Morgan fingerprint density at radius 3 is 2.20 bits per heavy atom. The molecule has 1 N–H and O–H groups in total. The molecular formula is C15H23F2O7P. The van der Waals surface area contributed by atoms with Gasteiger partial charge in [0.15, 0.2) is 0 Å². The molecule has 7 nitrogen and oxygen atoms in total. The van der Waals surface area contributed by atoms with Gasteiger partial charge in [-0.2, -0.15) is 8.78 Å². The van der Waals surface area contributed by atoms with Gasteiger partial charge < -0.3 is 18.9 Å². The Bertz CT molecular complexity index is 554. The minimum Gasteiger partial charge on any atom is -0.481 e. The summed E-state index contributed by atoms with van der Waals surface area (Å²) in [6, 6.07) is 0. The lowest BCUT2D eigenvalue weighted by atomic mass is 9.75. The number of esters is 1. The molecule has 1 rings (SSSR count). The van der Waals surface area contributed by atoms with Gasteiger partial charge in [0, 0.05) is 0 Å². The smallest absolute Gasteiger partial charge is 0.400 e. The minimum atomic E-state index is -4.94. The fourth-order valence-corrected chi connectivity index (χ4v) is 4.48. The van der Waals surface area contributed by atoms with Crippen molar-refractivity contribution in [3.8, 4) is 0 Å². The molecule has 0 saturated heterocycles. The van der Waals surface area contributed by atoms with Crippen LogP contribution in [-0.2, 0) is 27.9 Å². The van der Waals surface area contributed by atoms with Crippen LogP contribution in [0.4, 0.5) is 8.78 Å². The second kappa shape index (κ2) is 8.87. The SMILES string of the molecule is CCOC(=O)[C@@H]1CC=C[C@H](C(F)(F)P(=O)(OCC)OCC)[C@@H]1C(=O)O. The maximum atomic E-state index is 15.0. The van der Waals surface area contributed by atoms with Crippen molar-refractivity contribution in [2.24, 2.45) is 17.8 Å². The van der Waals surface area contributed by atoms with Crippen LogP contribution in [-0.4, -0.2) is 42.5 Å². The molecule has 0 saturated carbocycles. The Balaban J connectivity index is 3.32. The van der Waals surface area contributed by atoms with Crippen LogP contribution in [0.3, 0.4) is 0 Å². The van der Waals surface area contributed by atoms with E-state index in [0.717, 1.165) is 6.08 Å². The summed E-state index contributed by atoms with van der Waals surface area (Å²) in [6.45, 7) is 3.65. The molecule has 0 aromatic heterocycles. The van der Waals surface area contributed by atoms with Gasteiger partial charge in [0.2, 0.25) is 0 Å². The second-order valence-corrected chi connectivity index (χ2v) is 7.44. The third-order valence-corrected chi connectivity index (χ3v) is 6.02. The van der Waals surface area contributed by atoms with Gasteiger partial charge in [-0.05, 0) is 27.2 Å². The lowest BCUT2D eigenvalue weighted by Crippen LogP contribution is -2.45. The normalized spacial score (nSPS) is 24.1. The number of carbonyl (C=O) groups is 2. The highest BCUT2D eigenvalue weighted by Crippen LogP contribution is 2.66. The number of rotatable bonds is 9. The number of carboxylic acid groups (broad SMARTS) is 1. The second-order valence-electron chi connectivity index (χ2n) is 5.33. The van der Waals surface area contributed by atoms with Crippen molar-refractivity contribution in [1.29, 1.82) is 0 Å². The largest absolute Gasteiger partial charge is 0.481 e. The first-order valence-corrected chi connectivity index (χ1v) is 9.53. The molecule has 3 atom stereocenters. The molecule has 0 aliphatic heterocycles. The summed E-state index contributed by atoms with van der Waals surface area (Å²) in [4.78, 5) is 23.6. The summed E-state index contributed by atoms with van der Waals surface area (Å²) < 4.78 is 56.7. The molecule has 0 radical (unpaired) electrons. The summed E-state index contributed by atoms with van der Waals surface area (Å²) >= 11 is 0. The zero-order valence-corrected chi connectivity index (χ0v) is 15.2. The van der Waals surface area contributed by atoms with Gasteiger partial charge in [0.1, 0.15) is 0 Å². The number of allylic oxidation sites excluding steroid dienone is 2. The summed E-state index contributed by atoms with van der Waals surface area (Å²) in [5, 5.41) is 9.44. The van der Waals surface area contributed by atoms with E-state index in [1.807, 2.05) is 0 Å². The molecule has 0 aromatic rings. The molecule has 0 bridgehead atoms. The number of carboxylic acids is 1. The van der Waals surface area contributed by atoms with Crippen LogP contribution in [0, 0.1) is 17.8 Å². The highest BCUT2D eigenvalue weighted by atomic mass is 31.2. The standard InChI is InChI=1S/C15H23F2O7P/c1-4-22-14(20)10-8-7-9-11(12(10)13(18)19)15(16,17)25(21,23-5-2)24-6-3/h7,9-12H,4-6,8H2,1-3H3,(H,18,19)/t10-,11+,12-/m1/s1. The average molecular weight is 384 g/mol. The summed E-state index contributed by atoms with van der Waals surface area (Å²) in [5.74, 6) is -7.64. The zero-order chi connectivity index (χ0) is 19.3. The van der Waals surface area contributed by atoms with E-state index in [1.165, 1.54) is 26.8 Å². The maximum absolute atomic E-state index is 15.0. The fourth-order valence-electron chi connectivity index (χ4n) is 2.77. The highest BCUT2D eigenvalue weighted by molar-refractivity contribution is 7.55. The molecule has 0 unspecified atom stereocenters. The molecule has 1 aliphatic rings. The van der Waals surface area contributed by atoms with Gasteiger partial charge in [-0.15, -0.1) is 0 Å². The molecule has 0 heterocycles. The minimum absolute atomic E-state index is 0.0111. The van der Waals surface area contributed by atoms with E-state index < -0.39 is 43.0 Å². The van der Waals surface area contributed by atoms with Crippen molar-refractivity contribution in [2.45, 2.75) is 32.9 Å². The van der Waals surface area contributed by atoms with Crippen molar-refractivity contribution >= 4 is 19.5 Å². The van der Waals surface area contributed by atoms with E-state index in [0.29, 0.717) is 0 Å². The van der Waals surface area contributed by atoms with E-state index in [-0.39, 0.29) is 26.2 Å². The van der Waals surface area contributed by atoms with Crippen LogP contribution < -0.4 is 0 Å². The first kappa shape index (κ1) is 21.7. The van der Waals surface area contributed by atoms with Crippen molar-refractivity contribution in [3.63, 3.8) is 0 Å². The number of hydrogen-bond acceptors (Lipinski definition) is 6. The number of halogens is 2. The van der Waals surface area contributed by atoms with Crippen LogP contribution in [0.2, 0.25) is 0 Å². The van der Waals surface area contributed by atoms with Gasteiger partial charge >= 0.3 is 25.2 Å². The van der Waals surface area contributed by atoms with Gasteiger partial charge in [-0.1, -0.05) is 12.2 Å². The number of hydrogen-bond donors (Lipinski definition) is 1. The Labute approximate surface area is 144 Å². The van der Waals surface area contributed by atoms with E-state index in [1.54, 1.807) is 0 Å². The van der Waals surface area contributed by atoms with Crippen molar-refractivity contribution in [1.82, 2.24) is 0 Å². The van der Waals surface area contributed by atoms with E-state index >= 15 is 0 Å². The third kappa shape index (κ3) is 4.46.